The molecule has 0 bridgehead atoms. The molecule has 0 spiro atoms. The summed E-state index contributed by atoms with van der Waals surface area (Å²) in [4.78, 5) is 19.2. The summed E-state index contributed by atoms with van der Waals surface area (Å²) in [5, 5.41) is 4.37. The molecule has 34 heavy (non-hydrogen) atoms. The fourth-order valence-electron chi connectivity index (χ4n) is 4.78. The molecule has 1 unspecified atom stereocenters. The fraction of sp³-hybridized carbons (Fsp3) is 0.400. The molecule has 3 aromatic rings. The molecule has 1 N–H and O–H groups in total. The first-order chi connectivity index (χ1) is 16.5. The van der Waals surface area contributed by atoms with E-state index < -0.39 is 0 Å². The van der Waals surface area contributed by atoms with Crippen molar-refractivity contribution in [3.05, 3.63) is 41.6 Å². The van der Waals surface area contributed by atoms with Crippen molar-refractivity contribution in [1.29, 1.82) is 0 Å². The lowest BCUT2D eigenvalue weighted by molar-refractivity contribution is -0.117. The Labute approximate surface area is 203 Å². The number of pyridine rings is 1. The second-order valence-electron chi connectivity index (χ2n) is 8.87. The molecule has 9 heteroatoms. The third-order valence-corrected chi connectivity index (χ3v) is 7.46. The number of ether oxygens (including phenoxy) is 2. The number of aromatic nitrogens is 2. The second-order valence-corrected chi connectivity index (χ2v) is 9.69. The minimum atomic E-state index is 0.173. The molecule has 1 aromatic carbocycles. The van der Waals surface area contributed by atoms with Gasteiger partial charge in [0.15, 0.2) is 11.6 Å². The highest BCUT2D eigenvalue weighted by atomic mass is 32.2. The number of anilines is 2. The van der Waals surface area contributed by atoms with Crippen LogP contribution in [0, 0.1) is 5.92 Å². The average Bonchev–Trinajstić information content (AvgIpc) is 3.47. The first kappa shape index (κ1) is 22.6. The van der Waals surface area contributed by atoms with Crippen molar-refractivity contribution < 1.29 is 18.8 Å². The van der Waals surface area contributed by atoms with E-state index >= 15 is 0 Å². The van der Waals surface area contributed by atoms with Crippen LogP contribution in [-0.2, 0) is 11.2 Å². The molecule has 1 aliphatic heterocycles. The highest BCUT2D eigenvalue weighted by molar-refractivity contribution is 8.00. The third kappa shape index (κ3) is 3.87. The maximum Gasteiger partial charge on any atom is 0.232 e. The zero-order valence-electron chi connectivity index (χ0n) is 19.8. The average molecular weight is 481 g/mol. The van der Waals surface area contributed by atoms with Crippen LogP contribution in [0.5, 0.6) is 11.6 Å². The smallest absolute Gasteiger partial charge is 0.232 e. The monoisotopic (exact) mass is 480 g/mol. The van der Waals surface area contributed by atoms with Gasteiger partial charge in [-0.2, -0.15) is 0 Å². The van der Waals surface area contributed by atoms with Gasteiger partial charge in [0.2, 0.25) is 11.8 Å². The Bertz CT molecular complexity index is 1200. The van der Waals surface area contributed by atoms with E-state index in [1.807, 2.05) is 4.90 Å². The quantitative estimate of drug-likeness (QED) is 0.456. The zero-order chi connectivity index (χ0) is 23.8. The first-order valence-corrected chi connectivity index (χ1v) is 12.3. The van der Waals surface area contributed by atoms with Gasteiger partial charge in [-0.3, -0.25) is 4.79 Å². The Morgan fingerprint density at radius 1 is 1.24 bits per heavy atom. The van der Waals surface area contributed by atoms with Crippen LogP contribution in [-0.4, -0.2) is 36.8 Å². The van der Waals surface area contributed by atoms with Crippen LogP contribution in [0.4, 0.5) is 11.5 Å². The standard InChI is InChI=1S/C25H28N4O4S/c1-14(2)17-13-19-22(18-12-15(7-8-16(17)18)29-11-5-6-21(29)30)33-27-24(19)28-34-23-20(31-3)9-10-26-25(23)32-4/h7-10,12,14,17H,5-6,11,13H2,1-4H3,(H,27,28). The summed E-state index contributed by atoms with van der Waals surface area (Å²) in [6.07, 6.45) is 3.96. The topological polar surface area (TPSA) is 89.7 Å². The molecule has 3 heterocycles. The summed E-state index contributed by atoms with van der Waals surface area (Å²) in [5.41, 5.74) is 4.20. The minimum absolute atomic E-state index is 0.173. The molecular formula is C25H28N4O4S. The molecular weight excluding hydrogens is 452 g/mol. The number of fused-ring (bicyclic) bond motifs is 3. The number of methoxy groups -OCH3 is 2. The van der Waals surface area contributed by atoms with E-state index in [9.17, 15) is 4.79 Å². The highest BCUT2D eigenvalue weighted by Crippen LogP contribution is 2.47. The molecule has 2 aliphatic rings. The van der Waals surface area contributed by atoms with Crippen LogP contribution in [0.15, 0.2) is 39.9 Å². The number of hydrogen-bond donors (Lipinski definition) is 1. The zero-order valence-corrected chi connectivity index (χ0v) is 20.6. The Kier molecular flexibility index (Phi) is 6.12. The molecule has 178 valence electrons. The molecule has 2 aromatic heterocycles. The normalized spacial score (nSPS) is 17.0. The Balaban J connectivity index is 1.50. The van der Waals surface area contributed by atoms with Crippen LogP contribution in [0.25, 0.3) is 11.3 Å². The maximum absolute atomic E-state index is 12.3. The molecule has 0 saturated carbocycles. The van der Waals surface area contributed by atoms with Gasteiger partial charge in [-0.15, -0.1) is 0 Å². The van der Waals surface area contributed by atoms with Gasteiger partial charge < -0.3 is 23.6 Å². The van der Waals surface area contributed by atoms with Crippen molar-refractivity contribution >= 4 is 29.4 Å². The highest BCUT2D eigenvalue weighted by Gasteiger charge is 2.34. The molecule has 1 saturated heterocycles. The largest absolute Gasteiger partial charge is 0.495 e. The first-order valence-electron chi connectivity index (χ1n) is 11.4. The van der Waals surface area contributed by atoms with Crippen molar-refractivity contribution in [2.45, 2.75) is 43.9 Å². The Hall–Kier alpha value is -3.20. The van der Waals surface area contributed by atoms with Crippen molar-refractivity contribution in [2.24, 2.45) is 5.92 Å². The Morgan fingerprint density at radius 2 is 2.09 bits per heavy atom. The predicted octanol–water partition coefficient (Wildman–Crippen LogP) is 5.30. The summed E-state index contributed by atoms with van der Waals surface area (Å²) < 4.78 is 20.1. The molecule has 8 nitrogen and oxygen atoms in total. The van der Waals surface area contributed by atoms with Gasteiger partial charge in [-0.05, 0) is 60.4 Å². The molecule has 5 rings (SSSR count). The van der Waals surface area contributed by atoms with E-state index in [-0.39, 0.29) is 5.91 Å². The van der Waals surface area contributed by atoms with Crippen LogP contribution >= 0.6 is 11.9 Å². The van der Waals surface area contributed by atoms with Gasteiger partial charge in [0.25, 0.3) is 0 Å². The van der Waals surface area contributed by atoms with Gasteiger partial charge in [0.05, 0.1) is 14.2 Å². The van der Waals surface area contributed by atoms with E-state index in [0.29, 0.717) is 35.7 Å². The van der Waals surface area contributed by atoms with Crippen molar-refractivity contribution in [3.63, 3.8) is 0 Å². The number of nitrogens with one attached hydrogen (secondary N) is 1. The number of benzene rings is 1. The van der Waals surface area contributed by atoms with E-state index in [0.717, 1.165) is 46.9 Å². The summed E-state index contributed by atoms with van der Waals surface area (Å²) in [5.74, 6) is 3.48. The van der Waals surface area contributed by atoms with Crippen LogP contribution in [0.3, 0.4) is 0 Å². The maximum atomic E-state index is 12.3. The number of rotatable bonds is 7. The summed E-state index contributed by atoms with van der Waals surface area (Å²) in [6, 6.07) is 8.09. The minimum Gasteiger partial charge on any atom is -0.495 e. The summed E-state index contributed by atoms with van der Waals surface area (Å²) in [7, 11) is 3.19. The molecule has 1 aliphatic carbocycles. The lowest BCUT2D eigenvalue weighted by Gasteiger charge is -2.29. The van der Waals surface area contributed by atoms with Gasteiger partial charge in [0.1, 0.15) is 10.6 Å². The molecule has 0 radical (unpaired) electrons. The van der Waals surface area contributed by atoms with E-state index in [1.54, 1.807) is 26.5 Å². The summed E-state index contributed by atoms with van der Waals surface area (Å²) in [6.45, 7) is 5.23. The summed E-state index contributed by atoms with van der Waals surface area (Å²) >= 11 is 1.33. The molecule has 1 amide bonds. The van der Waals surface area contributed by atoms with Crippen LogP contribution in [0.1, 0.15) is 43.7 Å². The second kappa shape index (κ2) is 9.21. The number of carbonyl (C=O) groups excluding carboxylic acids is 1. The van der Waals surface area contributed by atoms with Crippen molar-refractivity contribution in [3.8, 4) is 23.0 Å². The predicted molar refractivity (Wildman–Crippen MR) is 132 cm³/mol. The number of amides is 1. The number of nitrogens with zero attached hydrogens (tertiary/aromatic N) is 3. The molecule has 1 fully saturated rings. The van der Waals surface area contributed by atoms with Crippen molar-refractivity contribution in [2.75, 3.05) is 30.4 Å². The third-order valence-electron chi connectivity index (χ3n) is 6.58. The SMILES string of the molecule is COc1ccnc(OC)c1SNc1noc2c1CC(C(C)C)c1ccc(N3CCCC3=O)cc1-2. The molecule has 1 atom stereocenters. The van der Waals surface area contributed by atoms with Crippen molar-refractivity contribution in [1.82, 2.24) is 10.1 Å². The fourth-order valence-corrected chi connectivity index (χ4v) is 5.61. The van der Waals surface area contributed by atoms with Gasteiger partial charge >= 0.3 is 0 Å². The van der Waals surface area contributed by atoms with Crippen LogP contribution in [0.2, 0.25) is 0 Å². The number of hydrogen-bond acceptors (Lipinski definition) is 8. The number of carbonyl (C=O) groups is 1. The van der Waals surface area contributed by atoms with E-state index in [4.69, 9.17) is 14.0 Å². The lowest BCUT2D eigenvalue weighted by Crippen LogP contribution is -2.24. The van der Waals surface area contributed by atoms with Crippen LogP contribution < -0.4 is 19.1 Å². The van der Waals surface area contributed by atoms with Gasteiger partial charge in [-0.25, -0.2) is 4.98 Å². The Morgan fingerprint density at radius 3 is 2.79 bits per heavy atom. The lowest BCUT2D eigenvalue weighted by atomic mass is 9.76. The van der Waals surface area contributed by atoms with Gasteiger partial charge in [-0.1, -0.05) is 25.1 Å². The van der Waals surface area contributed by atoms with E-state index in [2.05, 4.69) is 46.9 Å². The van der Waals surface area contributed by atoms with E-state index in [1.165, 1.54) is 17.5 Å². The van der Waals surface area contributed by atoms with Gasteiger partial charge in [0, 0.05) is 36.0 Å².